The maximum Gasteiger partial charge on any atom is 0.276 e. The Morgan fingerprint density at radius 3 is 2.41 bits per heavy atom. The summed E-state index contributed by atoms with van der Waals surface area (Å²) in [7, 11) is 0. The smallest absolute Gasteiger partial charge is 0.276 e. The van der Waals surface area contributed by atoms with E-state index in [0.29, 0.717) is 11.4 Å². The van der Waals surface area contributed by atoms with Crippen LogP contribution in [0.3, 0.4) is 0 Å². The minimum atomic E-state index is -0.327. The molecule has 1 amide bonds. The van der Waals surface area contributed by atoms with Crippen molar-refractivity contribution in [1.29, 1.82) is 0 Å². The van der Waals surface area contributed by atoms with Crippen molar-refractivity contribution >= 4 is 11.6 Å². The molecule has 0 bridgehead atoms. The fourth-order valence-electron chi connectivity index (χ4n) is 2.22. The number of phenols is 1. The molecule has 0 unspecified atom stereocenters. The lowest BCUT2D eigenvalue weighted by Crippen LogP contribution is -2.26. The van der Waals surface area contributed by atoms with E-state index in [1.54, 1.807) is 18.2 Å². The van der Waals surface area contributed by atoms with Crippen molar-refractivity contribution in [2.24, 2.45) is 0 Å². The number of aromatic nitrogens is 2. The molecule has 0 radical (unpaired) electrons. The number of nitrogens with one attached hydrogen (secondary N) is 1. The molecule has 0 saturated carbocycles. The number of benzene rings is 1. The zero-order valence-electron chi connectivity index (χ0n) is 13.7. The van der Waals surface area contributed by atoms with Gasteiger partial charge in [-0.2, -0.15) is 5.10 Å². The zero-order valence-corrected chi connectivity index (χ0v) is 13.7. The summed E-state index contributed by atoms with van der Waals surface area (Å²) < 4.78 is 1.89. The summed E-state index contributed by atoms with van der Waals surface area (Å²) >= 11 is 0. The summed E-state index contributed by atoms with van der Waals surface area (Å²) in [6, 6.07) is 8.45. The first-order valence-corrected chi connectivity index (χ1v) is 7.40. The third-order valence-electron chi connectivity index (χ3n) is 3.35. The van der Waals surface area contributed by atoms with Gasteiger partial charge in [-0.3, -0.25) is 9.48 Å². The normalized spacial score (nSPS) is 11.7. The Hall–Kier alpha value is -2.30. The number of nitrogens with zero attached hydrogens (tertiary/aromatic N) is 2. The van der Waals surface area contributed by atoms with Crippen LogP contribution in [0.2, 0.25) is 0 Å². The number of amides is 1. The molecule has 2 aromatic rings. The molecular formula is C17H23N3O2. The van der Waals surface area contributed by atoms with Crippen molar-refractivity contribution in [2.45, 2.75) is 46.1 Å². The van der Waals surface area contributed by atoms with Gasteiger partial charge in [0.2, 0.25) is 0 Å². The zero-order chi connectivity index (χ0) is 16.5. The van der Waals surface area contributed by atoms with Crippen LogP contribution in [0.25, 0.3) is 0 Å². The molecule has 0 fully saturated rings. The lowest BCUT2D eigenvalue weighted by molar-refractivity contribution is 0.102. The maximum absolute atomic E-state index is 12.4. The third-order valence-corrected chi connectivity index (χ3v) is 3.35. The fraction of sp³-hybridized carbons (Fsp3) is 0.412. The van der Waals surface area contributed by atoms with Gasteiger partial charge in [0.15, 0.2) is 5.69 Å². The lowest BCUT2D eigenvalue weighted by Gasteiger charge is -2.23. The van der Waals surface area contributed by atoms with Gasteiger partial charge in [-0.05, 0) is 44.9 Å². The molecule has 0 aliphatic carbocycles. The van der Waals surface area contributed by atoms with Gasteiger partial charge in [0.1, 0.15) is 5.75 Å². The summed E-state index contributed by atoms with van der Waals surface area (Å²) in [5, 5.41) is 16.9. The molecule has 0 atom stereocenters. The molecule has 0 aliphatic heterocycles. The molecule has 22 heavy (non-hydrogen) atoms. The first kappa shape index (κ1) is 16.1. The number of carbonyl (C=O) groups is 1. The van der Waals surface area contributed by atoms with E-state index >= 15 is 0 Å². The Morgan fingerprint density at radius 2 is 1.91 bits per heavy atom. The second-order valence-electron chi connectivity index (χ2n) is 6.66. The third kappa shape index (κ3) is 3.30. The number of carbonyl (C=O) groups excluding carboxylic acids is 1. The van der Waals surface area contributed by atoms with Crippen molar-refractivity contribution in [3.63, 3.8) is 0 Å². The standard InChI is InChI=1S/C17H23N3O2/c1-11(2)14-10-13(19-20(14)17(3,4)5)16(22)18-12-8-6-7-9-15(12)21/h6-11,21H,1-5H3,(H,18,22). The molecule has 0 saturated heterocycles. The van der Waals surface area contributed by atoms with Crippen LogP contribution in [-0.2, 0) is 5.54 Å². The topological polar surface area (TPSA) is 67.2 Å². The van der Waals surface area contributed by atoms with E-state index in [9.17, 15) is 9.90 Å². The number of aromatic hydroxyl groups is 1. The Balaban J connectivity index is 2.33. The van der Waals surface area contributed by atoms with Gasteiger partial charge in [-0.25, -0.2) is 0 Å². The van der Waals surface area contributed by atoms with Crippen molar-refractivity contribution in [2.75, 3.05) is 5.32 Å². The van der Waals surface area contributed by atoms with Gasteiger partial charge in [-0.1, -0.05) is 26.0 Å². The Bertz CT molecular complexity index is 681. The van der Waals surface area contributed by atoms with E-state index in [1.165, 1.54) is 6.07 Å². The van der Waals surface area contributed by atoms with Gasteiger partial charge in [0.05, 0.1) is 11.2 Å². The van der Waals surface area contributed by atoms with Crippen LogP contribution in [0.15, 0.2) is 30.3 Å². The fourth-order valence-corrected chi connectivity index (χ4v) is 2.22. The summed E-state index contributed by atoms with van der Waals surface area (Å²) in [6.45, 7) is 10.3. The largest absolute Gasteiger partial charge is 0.506 e. The predicted molar refractivity (Wildman–Crippen MR) is 87.4 cm³/mol. The lowest BCUT2D eigenvalue weighted by atomic mass is 10.1. The summed E-state index contributed by atoms with van der Waals surface area (Å²) in [4.78, 5) is 12.4. The average Bonchev–Trinajstić information content (AvgIpc) is 2.86. The minimum Gasteiger partial charge on any atom is -0.506 e. The average molecular weight is 301 g/mol. The Kier molecular flexibility index (Phi) is 4.26. The number of para-hydroxylation sites is 2. The molecule has 0 aliphatic rings. The first-order valence-electron chi connectivity index (χ1n) is 7.40. The van der Waals surface area contributed by atoms with E-state index in [4.69, 9.17) is 0 Å². The van der Waals surface area contributed by atoms with Crippen molar-refractivity contribution in [1.82, 2.24) is 9.78 Å². The molecule has 2 N–H and O–H groups in total. The summed E-state index contributed by atoms with van der Waals surface area (Å²) in [5.74, 6) is -0.0278. The quantitative estimate of drug-likeness (QED) is 0.849. The molecule has 0 spiro atoms. The highest BCUT2D eigenvalue weighted by atomic mass is 16.3. The van der Waals surface area contributed by atoms with Gasteiger partial charge < -0.3 is 10.4 Å². The van der Waals surface area contributed by atoms with E-state index in [0.717, 1.165) is 5.69 Å². The minimum absolute atomic E-state index is 0.0372. The molecule has 1 aromatic heterocycles. The molecule has 118 valence electrons. The van der Waals surface area contributed by atoms with Crippen LogP contribution in [-0.4, -0.2) is 20.8 Å². The van der Waals surface area contributed by atoms with Crippen LogP contribution in [0, 0.1) is 0 Å². The monoisotopic (exact) mass is 301 g/mol. The predicted octanol–water partition coefficient (Wildman–Crippen LogP) is 3.72. The molecule has 5 nitrogen and oxygen atoms in total. The summed E-state index contributed by atoms with van der Waals surface area (Å²) in [5.41, 5.74) is 1.54. The Morgan fingerprint density at radius 1 is 1.27 bits per heavy atom. The van der Waals surface area contributed by atoms with Gasteiger partial charge in [0, 0.05) is 5.69 Å². The summed E-state index contributed by atoms with van der Waals surface area (Å²) in [6.07, 6.45) is 0. The second kappa shape index (κ2) is 5.83. The number of hydrogen-bond donors (Lipinski definition) is 2. The molecule has 5 heteroatoms. The number of anilines is 1. The van der Waals surface area contributed by atoms with Gasteiger partial charge >= 0.3 is 0 Å². The van der Waals surface area contributed by atoms with Crippen molar-refractivity contribution < 1.29 is 9.90 Å². The van der Waals surface area contributed by atoms with Crippen LogP contribution < -0.4 is 5.32 Å². The van der Waals surface area contributed by atoms with Crippen LogP contribution in [0.4, 0.5) is 5.69 Å². The molecule has 2 rings (SSSR count). The highest BCUT2D eigenvalue weighted by Crippen LogP contribution is 2.25. The van der Waals surface area contributed by atoms with Crippen LogP contribution in [0.1, 0.15) is 56.7 Å². The van der Waals surface area contributed by atoms with E-state index in [2.05, 4.69) is 45.0 Å². The van der Waals surface area contributed by atoms with Gasteiger partial charge in [0.25, 0.3) is 5.91 Å². The highest BCUT2D eigenvalue weighted by Gasteiger charge is 2.23. The number of rotatable bonds is 3. The maximum atomic E-state index is 12.4. The van der Waals surface area contributed by atoms with Crippen molar-refractivity contribution in [3.8, 4) is 5.75 Å². The van der Waals surface area contributed by atoms with E-state index in [-0.39, 0.29) is 23.1 Å². The van der Waals surface area contributed by atoms with Crippen LogP contribution in [0.5, 0.6) is 5.75 Å². The van der Waals surface area contributed by atoms with Gasteiger partial charge in [-0.15, -0.1) is 0 Å². The highest BCUT2D eigenvalue weighted by molar-refractivity contribution is 6.03. The van der Waals surface area contributed by atoms with E-state index < -0.39 is 0 Å². The number of phenolic OH excluding ortho intramolecular Hbond substituents is 1. The van der Waals surface area contributed by atoms with E-state index in [1.807, 2.05) is 10.7 Å². The Labute approximate surface area is 131 Å². The first-order chi connectivity index (χ1) is 10.2. The molecular weight excluding hydrogens is 278 g/mol. The molecule has 1 heterocycles. The molecule has 1 aromatic carbocycles. The van der Waals surface area contributed by atoms with Crippen molar-refractivity contribution in [3.05, 3.63) is 41.7 Å². The second-order valence-corrected chi connectivity index (χ2v) is 6.66. The number of hydrogen-bond acceptors (Lipinski definition) is 3. The SMILES string of the molecule is CC(C)c1cc(C(=O)Nc2ccccc2O)nn1C(C)(C)C. The van der Waals surface area contributed by atoms with Crippen LogP contribution >= 0.6 is 0 Å².